The minimum Gasteiger partial charge on any atom is -0.369 e. The Morgan fingerprint density at radius 3 is 1.95 bits per heavy atom. The molecule has 1 N–H and O–H groups in total. The fourth-order valence-electron chi connectivity index (χ4n) is 5.88. The van der Waals surface area contributed by atoms with Crippen LogP contribution < -0.4 is 10.2 Å². The first kappa shape index (κ1) is 25.3. The molecule has 0 radical (unpaired) electrons. The molecular formula is C30H32F3N3O. The number of piperazine rings is 1. The van der Waals surface area contributed by atoms with Gasteiger partial charge >= 0.3 is 6.18 Å². The Labute approximate surface area is 216 Å². The molecule has 1 amide bonds. The largest absolute Gasteiger partial charge is 0.405 e. The van der Waals surface area contributed by atoms with Gasteiger partial charge in [-0.05, 0) is 53.8 Å². The first-order valence-corrected chi connectivity index (χ1v) is 13.0. The summed E-state index contributed by atoms with van der Waals surface area (Å²) in [7, 11) is 0. The lowest BCUT2D eigenvalue weighted by molar-refractivity contribution is -0.141. The Hall–Kier alpha value is -3.32. The summed E-state index contributed by atoms with van der Waals surface area (Å²) in [6.07, 6.45) is -2.38. The van der Waals surface area contributed by atoms with Gasteiger partial charge < -0.3 is 10.2 Å². The lowest BCUT2D eigenvalue weighted by atomic mass is 9.73. The van der Waals surface area contributed by atoms with Gasteiger partial charge in [-0.3, -0.25) is 9.69 Å². The van der Waals surface area contributed by atoms with Crippen molar-refractivity contribution in [3.8, 4) is 11.1 Å². The number of anilines is 1. The van der Waals surface area contributed by atoms with Gasteiger partial charge in [-0.15, -0.1) is 0 Å². The van der Waals surface area contributed by atoms with Crippen LogP contribution in [-0.4, -0.2) is 56.3 Å². The molecule has 1 saturated heterocycles. The summed E-state index contributed by atoms with van der Waals surface area (Å²) in [5.41, 5.74) is 3.58. The molecule has 5 rings (SSSR count). The standard InChI is InChI=1S/C30H32F3N3O/c31-30(32,33)22-34-28(37)29(26-14-6-4-12-24(26)25-13-5-7-15-27(25)29)16-8-9-17-35-18-20-36(21-19-35)23-10-2-1-3-11-23/h1-7,10-15H,8-9,16-22H2,(H,34,37). The Morgan fingerprint density at radius 1 is 0.784 bits per heavy atom. The zero-order valence-corrected chi connectivity index (χ0v) is 20.8. The first-order valence-electron chi connectivity index (χ1n) is 13.0. The van der Waals surface area contributed by atoms with Gasteiger partial charge in [-0.1, -0.05) is 73.2 Å². The smallest absolute Gasteiger partial charge is 0.369 e. The molecule has 0 spiro atoms. The average Bonchev–Trinajstić information content (AvgIpc) is 3.21. The van der Waals surface area contributed by atoms with Crippen LogP contribution in [0.15, 0.2) is 78.9 Å². The molecule has 4 nitrogen and oxygen atoms in total. The number of benzene rings is 3. The summed E-state index contributed by atoms with van der Waals surface area (Å²) in [4.78, 5) is 18.4. The van der Waals surface area contributed by atoms with Crippen LogP contribution in [0.3, 0.4) is 0 Å². The Bertz CT molecular complexity index is 1170. The molecule has 3 aromatic carbocycles. The number of rotatable bonds is 8. The van der Waals surface area contributed by atoms with Crippen molar-refractivity contribution in [3.63, 3.8) is 0 Å². The third-order valence-corrected chi connectivity index (χ3v) is 7.67. The van der Waals surface area contributed by atoms with Gasteiger partial charge in [0, 0.05) is 31.9 Å². The van der Waals surface area contributed by atoms with Crippen LogP contribution >= 0.6 is 0 Å². The topological polar surface area (TPSA) is 35.6 Å². The summed E-state index contributed by atoms with van der Waals surface area (Å²) in [6.45, 7) is 3.45. The zero-order chi connectivity index (χ0) is 25.9. The summed E-state index contributed by atoms with van der Waals surface area (Å²) in [6, 6.07) is 25.7. The second-order valence-electron chi connectivity index (χ2n) is 9.92. The number of amides is 1. The molecule has 7 heteroatoms. The number of para-hydroxylation sites is 1. The van der Waals surface area contributed by atoms with E-state index in [4.69, 9.17) is 0 Å². The summed E-state index contributed by atoms with van der Waals surface area (Å²) in [5, 5.41) is 2.22. The molecular weight excluding hydrogens is 475 g/mol. The fourth-order valence-corrected chi connectivity index (χ4v) is 5.88. The minimum atomic E-state index is -4.46. The van der Waals surface area contributed by atoms with Gasteiger partial charge in [0.25, 0.3) is 0 Å². The highest BCUT2D eigenvalue weighted by Gasteiger charge is 2.49. The third kappa shape index (κ3) is 5.23. The molecule has 1 heterocycles. The summed E-state index contributed by atoms with van der Waals surface area (Å²) in [5.74, 6) is -0.571. The highest BCUT2D eigenvalue weighted by Crippen LogP contribution is 2.51. The zero-order valence-electron chi connectivity index (χ0n) is 20.8. The maximum atomic E-state index is 13.6. The number of unbranched alkanes of at least 4 members (excludes halogenated alkanes) is 1. The number of nitrogens with one attached hydrogen (secondary N) is 1. The molecule has 1 fully saturated rings. The molecule has 0 unspecified atom stereocenters. The van der Waals surface area contributed by atoms with E-state index in [2.05, 4.69) is 39.4 Å². The van der Waals surface area contributed by atoms with Crippen molar-refractivity contribution in [1.29, 1.82) is 0 Å². The number of carbonyl (C=O) groups excluding carboxylic acids is 1. The molecule has 0 saturated carbocycles. The quantitative estimate of drug-likeness (QED) is 0.402. The van der Waals surface area contributed by atoms with Crippen molar-refractivity contribution in [2.45, 2.75) is 30.9 Å². The van der Waals surface area contributed by atoms with Crippen molar-refractivity contribution >= 4 is 11.6 Å². The van der Waals surface area contributed by atoms with Gasteiger partial charge in [0.05, 0.1) is 0 Å². The van der Waals surface area contributed by atoms with Crippen LogP contribution in [0.5, 0.6) is 0 Å². The number of halogens is 3. The van der Waals surface area contributed by atoms with E-state index in [9.17, 15) is 18.0 Å². The van der Waals surface area contributed by atoms with Crippen molar-refractivity contribution in [2.24, 2.45) is 0 Å². The summed E-state index contributed by atoms with van der Waals surface area (Å²) < 4.78 is 39.1. The molecule has 3 aromatic rings. The van der Waals surface area contributed by atoms with Gasteiger partial charge in [0.1, 0.15) is 12.0 Å². The van der Waals surface area contributed by atoms with E-state index in [1.165, 1.54) is 5.69 Å². The van der Waals surface area contributed by atoms with Crippen molar-refractivity contribution in [3.05, 3.63) is 90.0 Å². The molecule has 37 heavy (non-hydrogen) atoms. The third-order valence-electron chi connectivity index (χ3n) is 7.67. The number of hydrogen-bond donors (Lipinski definition) is 1. The normalized spacial score (nSPS) is 16.8. The number of alkyl halides is 3. The molecule has 1 aliphatic carbocycles. The van der Waals surface area contributed by atoms with Crippen LogP contribution in [0, 0.1) is 0 Å². The molecule has 1 aliphatic heterocycles. The molecule has 194 valence electrons. The number of hydrogen-bond acceptors (Lipinski definition) is 3. The highest BCUT2D eigenvalue weighted by atomic mass is 19.4. The number of carbonyl (C=O) groups is 1. The molecule has 0 bridgehead atoms. The van der Waals surface area contributed by atoms with Crippen LogP contribution in [0.4, 0.5) is 18.9 Å². The second kappa shape index (κ2) is 10.6. The lowest BCUT2D eigenvalue weighted by Crippen LogP contribution is -2.47. The Kier molecular flexibility index (Phi) is 7.24. The van der Waals surface area contributed by atoms with Crippen molar-refractivity contribution in [1.82, 2.24) is 10.2 Å². The SMILES string of the molecule is O=C(NCC(F)(F)F)C1(CCCCN2CCN(c3ccccc3)CC2)c2ccccc2-c2ccccc21. The minimum absolute atomic E-state index is 0.467. The van der Waals surface area contributed by atoms with E-state index < -0.39 is 24.0 Å². The van der Waals surface area contributed by atoms with Crippen LogP contribution in [0.2, 0.25) is 0 Å². The van der Waals surface area contributed by atoms with E-state index in [0.29, 0.717) is 6.42 Å². The molecule has 0 aromatic heterocycles. The summed E-state index contributed by atoms with van der Waals surface area (Å²) >= 11 is 0. The maximum absolute atomic E-state index is 13.6. The highest BCUT2D eigenvalue weighted by molar-refractivity contribution is 6.00. The van der Waals surface area contributed by atoms with E-state index in [1.54, 1.807) is 0 Å². The van der Waals surface area contributed by atoms with Gasteiger partial charge in [0.15, 0.2) is 0 Å². The Morgan fingerprint density at radius 2 is 1.35 bits per heavy atom. The average molecular weight is 508 g/mol. The van der Waals surface area contributed by atoms with Gasteiger partial charge in [0.2, 0.25) is 5.91 Å². The van der Waals surface area contributed by atoms with Crippen LogP contribution in [0.1, 0.15) is 30.4 Å². The first-order chi connectivity index (χ1) is 17.9. The Balaban J connectivity index is 1.28. The molecule has 2 aliphatic rings. The van der Waals surface area contributed by atoms with E-state index in [1.807, 2.05) is 54.6 Å². The monoisotopic (exact) mass is 507 g/mol. The van der Waals surface area contributed by atoms with Gasteiger partial charge in [-0.2, -0.15) is 13.2 Å². The van der Waals surface area contributed by atoms with E-state index in [0.717, 1.165) is 67.8 Å². The molecule has 0 atom stereocenters. The van der Waals surface area contributed by atoms with Crippen LogP contribution in [0.25, 0.3) is 11.1 Å². The fraction of sp³-hybridized carbons (Fsp3) is 0.367. The van der Waals surface area contributed by atoms with Gasteiger partial charge in [-0.25, -0.2) is 0 Å². The van der Waals surface area contributed by atoms with E-state index >= 15 is 0 Å². The van der Waals surface area contributed by atoms with Crippen molar-refractivity contribution < 1.29 is 18.0 Å². The number of nitrogens with zero attached hydrogens (tertiary/aromatic N) is 2. The number of fused-ring (bicyclic) bond motifs is 3. The maximum Gasteiger partial charge on any atom is 0.405 e. The predicted molar refractivity (Wildman–Crippen MR) is 141 cm³/mol. The van der Waals surface area contributed by atoms with Crippen molar-refractivity contribution in [2.75, 3.05) is 44.2 Å². The predicted octanol–water partition coefficient (Wildman–Crippen LogP) is 5.62. The van der Waals surface area contributed by atoms with E-state index in [-0.39, 0.29) is 0 Å². The second-order valence-corrected chi connectivity index (χ2v) is 9.92. The van der Waals surface area contributed by atoms with Crippen LogP contribution in [-0.2, 0) is 10.2 Å². The lowest BCUT2D eigenvalue weighted by Gasteiger charge is -2.36.